The van der Waals surface area contributed by atoms with Crippen LogP contribution in [-0.4, -0.2) is 36.3 Å². The van der Waals surface area contributed by atoms with Crippen molar-refractivity contribution in [2.24, 2.45) is 0 Å². The van der Waals surface area contributed by atoms with E-state index in [1.54, 1.807) is 0 Å². The summed E-state index contributed by atoms with van der Waals surface area (Å²) in [7, 11) is 0. The Hall–Kier alpha value is -3.51. The van der Waals surface area contributed by atoms with Crippen LogP contribution in [0.15, 0.2) is 179 Å². The minimum absolute atomic E-state index is 0. The Balaban J connectivity index is 0.000000198. The Bertz CT molecular complexity index is 2090. The van der Waals surface area contributed by atoms with E-state index in [2.05, 4.69) is 171 Å². The van der Waals surface area contributed by atoms with Crippen LogP contribution >= 0.6 is 31.9 Å². The molecule has 0 aromatic heterocycles. The van der Waals surface area contributed by atoms with Crippen molar-refractivity contribution < 1.29 is 7.59 Å². The van der Waals surface area contributed by atoms with E-state index in [0.717, 1.165) is 17.7 Å². The van der Waals surface area contributed by atoms with Crippen molar-refractivity contribution in [2.75, 3.05) is 13.2 Å². The van der Waals surface area contributed by atoms with E-state index < -0.39 is 0 Å². The predicted molar refractivity (Wildman–Crippen MR) is 218 cm³/mol. The first-order valence-electron chi connectivity index (χ1n) is 16.0. The molecule has 0 saturated carbocycles. The topological polar surface area (TPSA) is 9.23 Å². The number of benzene rings is 8. The van der Waals surface area contributed by atoms with Crippen molar-refractivity contribution in [3.8, 4) is 11.1 Å². The monoisotopic (exact) mass is 764 g/mol. The second-order valence-electron chi connectivity index (χ2n) is 11.3. The van der Waals surface area contributed by atoms with E-state index >= 15 is 0 Å². The minimum atomic E-state index is 0. The molecule has 0 radical (unpaired) electrons. The molecule has 0 amide bonds. The summed E-state index contributed by atoms with van der Waals surface area (Å²) in [5.74, 6) is 0. The molecule has 4 heteroatoms. The Morgan fingerprint density at radius 1 is 0.417 bits per heavy atom. The van der Waals surface area contributed by atoms with Crippen LogP contribution in [0.25, 0.3) is 54.2 Å². The molecule has 48 heavy (non-hydrogen) atoms. The van der Waals surface area contributed by atoms with Gasteiger partial charge in [0.1, 0.15) is 0 Å². The Morgan fingerprint density at radius 3 is 1.15 bits per heavy atom. The number of rotatable bonds is 1. The van der Waals surface area contributed by atoms with Gasteiger partial charge in [-0.3, -0.25) is 0 Å². The molecule has 1 aliphatic rings. The molecule has 0 atom stereocenters. The number of hydrogen-bond acceptors (Lipinski definition) is 1. The van der Waals surface area contributed by atoms with Crippen molar-refractivity contribution in [2.45, 2.75) is 12.8 Å². The molecule has 9 rings (SSSR count). The van der Waals surface area contributed by atoms with Crippen molar-refractivity contribution >= 4 is 98.0 Å². The summed E-state index contributed by atoms with van der Waals surface area (Å²) in [4.78, 5) is 0. The van der Waals surface area contributed by atoms with Gasteiger partial charge in [-0.25, -0.2) is 0 Å². The third kappa shape index (κ3) is 9.13. The van der Waals surface area contributed by atoms with Crippen LogP contribution in [0.5, 0.6) is 0 Å². The molecule has 1 nitrogen and oxygen atoms in total. The molecule has 0 spiro atoms. The van der Waals surface area contributed by atoms with Gasteiger partial charge in [0.15, 0.2) is 0 Å². The fourth-order valence-electron chi connectivity index (χ4n) is 5.81. The molecule has 1 heterocycles. The third-order valence-corrected chi connectivity index (χ3v) is 9.48. The second kappa shape index (κ2) is 18.3. The summed E-state index contributed by atoms with van der Waals surface area (Å²) in [5.41, 5.74) is 2.61. The average molecular weight is 767 g/mol. The van der Waals surface area contributed by atoms with E-state index in [0.29, 0.717) is 0 Å². The van der Waals surface area contributed by atoms with Gasteiger partial charge in [0.05, 0.1) is 0 Å². The summed E-state index contributed by atoms with van der Waals surface area (Å²) in [6, 6.07) is 59.2. The molecule has 8 aromatic rings. The van der Waals surface area contributed by atoms with Crippen LogP contribution in [0, 0.1) is 0 Å². The van der Waals surface area contributed by atoms with Gasteiger partial charge in [-0.15, -0.1) is 0 Å². The van der Waals surface area contributed by atoms with E-state index in [1.807, 2.05) is 30.3 Å². The molecule has 0 bridgehead atoms. The average Bonchev–Trinajstić information content (AvgIpc) is 3.73. The van der Waals surface area contributed by atoms with Gasteiger partial charge in [-0.05, 0) is 107 Å². The first-order chi connectivity index (χ1) is 23.2. The van der Waals surface area contributed by atoms with Gasteiger partial charge in [0.25, 0.3) is 0 Å². The van der Waals surface area contributed by atoms with Gasteiger partial charge in [-0.1, -0.05) is 162 Å². The van der Waals surface area contributed by atoms with Crippen LogP contribution in [-0.2, 0) is 4.74 Å². The predicted octanol–water partition coefficient (Wildman–Crippen LogP) is 13.5. The van der Waals surface area contributed by atoms with E-state index in [4.69, 9.17) is 4.74 Å². The summed E-state index contributed by atoms with van der Waals surface area (Å²) < 4.78 is 7.27. The number of halogens is 2. The first-order valence-corrected chi connectivity index (χ1v) is 17.6. The first kappa shape index (κ1) is 35.8. The number of fused-ring (bicyclic) bond motifs is 4. The van der Waals surface area contributed by atoms with Crippen LogP contribution < -0.4 is 0 Å². The maximum Gasteiger partial charge on any atom is 2.00 e. The molecule has 0 aliphatic carbocycles. The van der Waals surface area contributed by atoms with Crippen molar-refractivity contribution in [3.63, 3.8) is 0 Å². The zero-order valence-electron chi connectivity index (χ0n) is 28.9. The summed E-state index contributed by atoms with van der Waals surface area (Å²) in [6.45, 7) is 2.00. The fourth-order valence-corrected chi connectivity index (χ4v) is 6.84. The van der Waals surface area contributed by atoms with Gasteiger partial charge < -0.3 is 7.59 Å². The fraction of sp³-hybridized carbons (Fsp3) is 0.0909. The van der Waals surface area contributed by atoms with Gasteiger partial charge in [-0.2, -0.15) is 0 Å². The molecular weight excluding hydrogens is 729 g/mol. The largest absolute Gasteiger partial charge is 2.00 e. The van der Waals surface area contributed by atoms with Crippen molar-refractivity contribution in [1.82, 2.24) is 0 Å². The van der Waals surface area contributed by atoms with Crippen LogP contribution in [0.4, 0.5) is 0 Å². The smallest absolute Gasteiger partial charge is 1.00 e. The molecule has 1 fully saturated rings. The Morgan fingerprint density at radius 2 is 0.771 bits per heavy atom. The molecular formula is C44H38Br2MgO. The van der Waals surface area contributed by atoms with Gasteiger partial charge in [0, 0.05) is 22.2 Å². The van der Waals surface area contributed by atoms with Crippen molar-refractivity contribution in [3.05, 3.63) is 179 Å². The minimum Gasteiger partial charge on any atom is -1.00 e. The molecule has 1 aliphatic heterocycles. The SMILES string of the molecule is Brc1c2ccccc2cc2ccccc12.Brc1ccccc1.C1CCOC1.[H-].[H-].[Mg+2].c1ccc(-c2c3ccccc3cc3ccccc23)cc1. The number of ether oxygens (including phenoxy) is 1. The molecule has 8 aromatic carbocycles. The van der Waals surface area contributed by atoms with Crippen LogP contribution in [0.2, 0.25) is 0 Å². The third-order valence-electron chi connectivity index (χ3n) is 8.10. The zero-order chi connectivity index (χ0) is 32.3. The number of hydrogen-bond donors (Lipinski definition) is 0. The molecule has 1 saturated heterocycles. The molecule has 0 N–H and O–H groups in total. The second-order valence-corrected chi connectivity index (χ2v) is 13.0. The van der Waals surface area contributed by atoms with E-state index in [9.17, 15) is 0 Å². The van der Waals surface area contributed by atoms with Gasteiger partial charge in [0.2, 0.25) is 0 Å². The summed E-state index contributed by atoms with van der Waals surface area (Å²) >= 11 is 6.99. The van der Waals surface area contributed by atoms with Crippen LogP contribution in [0.1, 0.15) is 15.7 Å². The Kier molecular flexibility index (Phi) is 13.6. The van der Waals surface area contributed by atoms with E-state index in [-0.39, 0.29) is 25.9 Å². The normalized spacial score (nSPS) is 11.8. The standard InChI is InChI=1S/C20H14.C14H9Br.C6H5Br.C4H8O.Mg.2H/c1-2-8-15(9-3-1)20-18-12-6-4-10-16(18)14-17-11-5-7-13-19(17)20;15-14-12-7-3-1-5-10(12)9-11-6-2-4-8-13(11)14;7-6-4-2-1-3-5-6;1-2-4-5-3-1;;;/h1-14H;1-9H;1-5H;1-4H2;;;/q;;;;+2;2*-1. The van der Waals surface area contributed by atoms with Gasteiger partial charge >= 0.3 is 23.1 Å². The quantitative estimate of drug-likeness (QED) is 0.119. The summed E-state index contributed by atoms with van der Waals surface area (Å²) in [6.07, 6.45) is 2.56. The maximum absolute atomic E-state index is 4.94. The van der Waals surface area contributed by atoms with Crippen LogP contribution in [0.3, 0.4) is 0 Å². The molecule has 236 valence electrons. The zero-order valence-corrected chi connectivity index (χ0v) is 31.5. The Labute approximate surface area is 319 Å². The molecule has 0 unspecified atom stereocenters. The van der Waals surface area contributed by atoms with E-state index in [1.165, 1.54) is 71.5 Å². The maximum atomic E-state index is 4.94. The van der Waals surface area contributed by atoms with Crippen molar-refractivity contribution in [1.29, 1.82) is 0 Å². The summed E-state index contributed by atoms with van der Waals surface area (Å²) in [5, 5.41) is 10.3.